The van der Waals surface area contributed by atoms with Gasteiger partial charge in [-0.1, -0.05) is 24.3 Å². The molecule has 190 valence electrons. The molecule has 3 heterocycles. The van der Waals surface area contributed by atoms with E-state index < -0.39 is 5.91 Å². The van der Waals surface area contributed by atoms with Crippen LogP contribution < -0.4 is 10.5 Å². The van der Waals surface area contributed by atoms with Gasteiger partial charge in [0.05, 0.1) is 12.2 Å². The molecule has 0 unspecified atom stereocenters. The summed E-state index contributed by atoms with van der Waals surface area (Å²) in [4.78, 5) is 32.6. The van der Waals surface area contributed by atoms with Crippen LogP contribution in [0.3, 0.4) is 0 Å². The number of H-pyrrole nitrogens is 1. The number of nitrogens with one attached hydrogen (secondary N) is 1. The molecule has 4 aromatic rings. The second-order valence-corrected chi connectivity index (χ2v) is 9.37. The number of nitrogens with two attached hydrogens (primary N) is 1. The molecule has 2 aromatic heterocycles. The van der Waals surface area contributed by atoms with Gasteiger partial charge in [0.2, 0.25) is 5.91 Å². The maximum absolute atomic E-state index is 12.9. The van der Waals surface area contributed by atoms with Gasteiger partial charge in [0.1, 0.15) is 28.4 Å². The molecule has 2 amide bonds. The molecule has 9 heteroatoms. The number of para-hydroxylation sites is 1. The van der Waals surface area contributed by atoms with Crippen molar-refractivity contribution in [2.24, 2.45) is 5.73 Å². The zero-order chi connectivity index (χ0) is 25.9. The first kappa shape index (κ1) is 24.3. The van der Waals surface area contributed by atoms with Crippen molar-refractivity contribution < 1.29 is 14.3 Å². The fourth-order valence-electron chi connectivity index (χ4n) is 4.55. The van der Waals surface area contributed by atoms with Crippen LogP contribution in [-0.4, -0.2) is 63.4 Å². The van der Waals surface area contributed by atoms with Gasteiger partial charge in [-0.25, -0.2) is 4.52 Å². The largest absolute Gasteiger partial charge is 0.457 e. The number of primary amides is 1. The second-order valence-electron chi connectivity index (χ2n) is 9.37. The van der Waals surface area contributed by atoms with E-state index in [4.69, 9.17) is 15.6 Å². The van der Waals surface area contributed by atoms with Crippen LogP contribution in [0.5, 0.6) is 11.5 Å². The van der Waals surface area contributed by atoms with Gasteiger partial charge in [0.15, 0.2) is 0 Å². The summed E-state index contributed by atoms with van der Waals surface area (Å²) >= 11 is 0. The number of amides is 2. The third kappa shape index (κ3) is 5.12. The summed E-state index contributed by atoms with van der Waals surface area (Å²) < 4.78 is 7.62. The Morgan fingerprint density at radius 2 is 1.84 bits per heavy atom. The van der Waals surface area contributed by atoms with E-state index in [9.17, 15) is 9.59 Å². The number of aryl methyl sites for hydroxylation is 1. The summed E-state index contributed by atoms with van der Waals surface area (Å²) in [5.41, 5.74) is 9.76. The zero-order valence-electron chi connectivity index (χ0n) is 21.0. The minimum atomic E-state index is -0.564. The van der Waals surface area contributed by atoms with Crippen molar-refractivity contribution in [3.05, 3.63) is 83.7 Å². The van der Waals surface area contributed by atoms with Gasteiger partial charge in [-0.15, -0.1) is 0 Å². The normalized spacial score (nSPS) is 13.8. The number of fused-ring (bicyclic) bond motifs is 3. The molecule has 1 aliphatic rings. The number of likely N-dealkylation sites (N-methyl/N-ethyl adjacent to an activating group) is 1. The number of hydrogen-bond donors (Lipinski definition) is 2. The van der Waals surface area contributed by atoms with Crippen LogP contribution in [0.25, 0.3) is 16.9 Å². The molecule has 0 fully saturated rings. The SMILES string of the molecule is CN(C)CC=CC(=O)N1CCCc2[nH]c3c(C(N)=O)c(-c4ccc(Oc5ccccc5)cc4)nn3c2C1. The Morgan fingerprint density at radius 3 is 2.54 bits per heavy atom. The minimum Gasteiger partial charge on any atom is -0.457 e. The molecular formula is C28H30N6O3. The first-order valence-corrected chi connectivity index (χ1v) is 12.3. The highest BCUT2D eigenvalue weighted by Gasteiger charge is 2.27. The molecule has 2 aromatic carbocycles. The molecule has 0 bridgehead atoms. The van der Waals surface area contributed by atoms with Crippen LogP contribution in [0, 0.1) is 0 Å². The van der Waals surface area contributed by atoms with Gasteiger partial charge >= 0.3 is 0 Å². The standard InChI is InChI=1S/C28H30N6O3/c1-32(2)16-7-11-24(35)33-17-6-10-22-23(18-33)34-28(30-22)25(27(29)36)26(31-34)19-12-14-21(15-13-19)37-20-8-4-3-5-9-20/h3-5,7-9,11-15,30H,6,10,16-18H2,1-2H3,(H2,29,36). The number of rotatable bonds is 7. The lowest BCUT2D eigenvalue weighted by Crippen LogP contribution is -2.29. The maximum atomic E-state index is 12.9. The van der Waals surface area contributed by atoms with Crippen molar-refractivity contribution in [2.75, 3.05) is 27.2 Å². The molecule has 0 aliphatic carbocycles. The second kappa shape index (κ2) is 10.3. The highest BCUT2D eigenvalue weighted by molar-refractivity contribution is 6.04. The van der Waals surface area contributed by atoms with Gasteiger partial charge in [0, 0.05) is 30.4 Å². The molecule has 9 nitrogen and oxygen atoms in total. The number of nitrogens with zero attached hydrogens (tertiary/aromatic N) is 4. The van der Waals surface area contributed by atoms with E-state index in [0.29, 0.717) is 42.3 Å². The molecule has 37 heavy (non-hydrogen) atoms. The summed E-state index contributed by atoms with van der Waals surface area (Å²) in [6.07, 6.45) is 5.05. The molecule has 0 saturated carbocycles. The lowest BCUT2D eigenvalue weighted by molar-refractivity contribution is -0.126. The molecular weight excluding hydrogens is 468 g/mol. The van der Waals surface area contributed by atoms with E-state index in [1.165, 1.54) is 0 Å². The number of hydrogen-bond acceptors (Lipinski definition) is 5. The van der Waals surface area contributed by atoms with Gasteiger partial charge in [-0.05, 0) is 63.3 Å². The van der Waals surface area contributed by atoms with E-state index >= 15 is 0 Å². The predicted molar refractivity (Wildman–Crippen MR) is 141 cm³/mol. The van der Waals surface area contributed by atoms with Crippen molar-refractivity contribution >= 4 is 17.5 Å². The lowest BCUT2D eigenvalue weighted by Gasteiger charge is -2.18. The quantitative estimate of drug-likeness (QED) is 0.379. The molecule has 3 N–H and O–H groups in total. The van der Waals surface area contributed by atoms with E-state index in [1.807, 2.05) is 84.6 Å². The Balaban J connectivity index is 1.46. The summed E-state index contributed by atoms with van der Waals surface area (Å²) in [5.74, 6) is 0.804. The molecule has 0 radical (unpaired) electrons. The fourth-order valence-corrected chi connectivity index (χ4v) is 4.55. The monoisotopic (exact) mass is 498 g/mol. The number of ether oxygens (including phenoxy) is 1. The Hall–Kier alpha value is -4.37. The molecule has 1 aliphatic heterocycles. The van der Waals surface area contributed by atoms with Gasteiger partial charge in [-0.2, -0.15) is 5.10 Å². The number of imidazole rings is 1. The highest BCUT2D eigenvalue weighted by Crippen LogP contribution is 2.31. The Kier molecular flexibility index (Phi) is 6.78. The van der Waals surface area contributed by atoms with Crippen LogP contribution in [-0.2, 0) is 17.8 Å². The third-order valence-electron chi connectivity index (χ3n) is 6.35. The van der Waals surface area contributed by atoms with Crippen LogP contribution in [0.15, 0.2) is 66.7 Å². The summed E-state index contributed by atoms with van der Waals surface area (Å²) in [7, 11) is 3.91. The Labute approximate surface area is 215 Å². The van der Waals surface area contributed by atoms with Crippen molar-refractivity contribution in [3.63, 3.8) is 0 Å². The molecule has 5 rings (SSSR count). The minimum absolute atomic E-state index is 0.0411. The summed E-state index contributed by atoms with van der Waals surface area (Å²) in [6.45, 7) is 1.73. The molecule has 0 spiro atoms. The maximum Gasteiger partial charge on any atom is 0.254 e. The predicted octanol–water partition coefficient (Wildman–Crippen LogP) is 3.61. The van der Waals surface area contributed by atoms with Crippen LogP contribution >= 0.6 is 0 Å². The van der Waals surface area contributed by atoms with E-state index in [2.05, 4.69) is 4.98 Å². The average Bonchev–Trinajstić information content (AvgIpc) is 3.32. The lowest BCUT2D eigenvalue weighted by atomic mass is 10.1. The third-order valence-corrected chi connectivity index (χ3v) is 6.35. The van der Waals surface area contributed by atoms with Crippen molar-refractivity contribution in [2.45, 2.75) is 19.4 Å². The van der Waals surface area contributed by atoms with Crippen molar-refractivity contribution in [3.8, 4) is 22.8 Å². The average molecular weight is 499 g/mol. The number of carbonyl (C=O) groups is 2. The Morgan fingerprint density at radius 1 is 1.11 bits per heavy atom. The summed E-state index contributed by atoms with van der Waals surface area (Å²) in [6, 6.07) is 16.9. The van der Waals surface area contributed by atoms with Crippen LogP contribution in [0.1, 0.15) is 28.2 Å². The molecule has 0 atom stereocenters. The number of benzene rings is 2. The fraction of sp³-hybridized carbons (Fsp3) is 0.250. The van der Waals surface area contributed by atoms with E-state index in [-0.39, 0.29) is 5.91 Å². The van der Waals surface area contributed by atoms with Crippen molar-refractivity contribution in [1.29, 1.82) is 0 Å². The van der Waals surface area contributed by atoms with Crippen molar-refractivity contribution in [1.82, 2.24) is 24.4 Å². The first-order chi connectivity index (χ1) is 17.9. The molecule has 0 saturated heterocycles. The number of carbonyl (C=O) groups excluding carboxylic acids is 2. The number of aromatic amines is 1. The zero-order valence-corrected chi connectivity index (χ0v) is 21.0. The van der Waals surface area contributed by atoms with Gasteiger partial charge in [0.25, 0.3) is 5.91 Å². The summed E-state index contributed by atoms with van der Waals surface area (Å²) in [5, 5.41) is 4.79. The van der Waals surface area contributed by atoms with Gasteiger partial charge in [-0.3, -0.25) is 9.59 Å². The highest BCUT2D eigenvalue weighted by atomic mass is 16.5. The van der Waals surface area contributed by atoms with E-state index in [0.717, 1.165) is 35.5 Å². The van der Waals surface area contributed by atoms with Crippen LogP contribution in [0.4, 0.5) is 0 Å². The number of aromatic nitrogens is 3. The van der Waals surface area contributed by atoms with Gasteiger partial charge < -0.3 is 25.3 Å². The first-order valence-electron chi connectivity index (χ1n) is 12.3. The smallest absolute Gasteiger partial charge is 0.254 e. The topological polar surface area (TPSA) is 109 Å². The van der Waals surface area contributed by atoms with Crippen LogP contribution in [0.2, 0.25) is 0 Å². The van der Waals surface area contributed by atoms with E-state index in [1.54, 1.807) is 10.6 Å². The Bertz CT molecular complexity index is 1450.